The second kappa shape index (κ2) is 5.85. The fourth-order valence-electron chi connectivity index (χ4n) is 1.52. The van der Waals surface area contributed by atoms with Crippen molar-refractivity contribution in [2.45, 2.75) is 44.8 Å². The second-order valence-corrected chi connectivity index (χ2v) is 5.54. The highest BCUT2D eigenvalue weighted by atomic mass is 35.5. The van der Waals surface area contributed by atoms with Gasteiger partial charge in [-0.25, -0.2) is 0 Å². The maximum Gasteiger partial charge on any atom is 0.0931 e. The fourth-order valence-corrected chi connectivity index (χ4v) is 2.78. The van der Waals surface area contributed by atoms with E-state index in [1.165, 1.54) is 4.88 Å². The van der Waals surface area contributed by atoms with E-state index in [4.69, 9.17) is 11.6 Å². The number of hydrogen-bond acceptors (Lipinski definition) is 3. The standard InChI is InChI=1S/C11H17ClO2S/c1-3-8(6-9(14)7(2)13)10-4-5-11(12)15-10/h4-5,7-9,13-14H,3,6H2,1-2H3. The summed E-state index contributed by atoms with van der Waals surface area (Å²) in [5.41, 5.74) is 0. The predicted octanol–water partition coefficient (Wildman–Crippen LogP) is 3.03. The Kier molecular flexibility index (Phi) is 5.06. The van der Waals surface area contributed by atoms with Crippen LogP contribution < -0.4 is 0 Å². The summed E-state index contributed by atoms with van der Waals surface area (Å²) in [6, 6.07) is 3.87. The molecule has 4 heteroatoms. The highest BCUT2D eigenvalue weighted by molar-refractivity contribution is 7.16. The van der Waals surface area contributed by atoms with E-state index in [0.29, 0.717) is 6.42 Å². The quantitative estimate of drug-likeness (QED) is 0.841. The summed E-state index contributed by atoms with van der Waals surface area (Å²) in [4.78, 5) is 1.18. The summed E-state index contributed by atoms with van der Waals surface area (Å²) < 4.78 is 0.773. The average Bonchev–Trinajstić information content (AvgIpc) is 2.60. The average molecular weight is 249 g/mol. The predicted molar refractivity (Wildman–Crippen MR) is 64.7 cm³/mol. The van der Waals surface area contributed by atoms with Crippen LogP contribution in [0.25, 0.3) is 0 Å². The first-order valence-corrected chi connectivity index (χ1v) is 6.35. The summed E-state index contributed by atoms with van der Waals surface area (Å²) in [5, 5.41) is 18.9. The molecule has 86 valence electrons. The molecule has 15 heavy (non-hydrogen) atoms. The van der Waals surface area contributed by atoms with E-state index in [1.54, 1.807) is 18.3 Å². The van der Waals surface area contributed by atoms with E-state index in [2.05, 4.69) is 6.92 Å². The van der Waals surface area contributed by atoms with Gasteiger partial charge in [0.15, 0.2) is 0 Å². The molecule has 0 bridgehead atoms. The number of halogens is 1. The molecular formula is C11H17ClO2S. The van der Waals surface area contributed by atoms with Gasteiger partial charge >= 0.3 is 0 Å². The van der Waals surface area contributed by atoms with Crippen LogP contribution in [0.3, 0.4) is 0 Å². The van der Waals surface area contributed by atoms with Gasteiger partial charge in [0.1, 0.15) is 0 Å². The monoisotopic (exact) mass is 248 g/mol. The Labute approximate surface area is 99.5 Å². The van der Waals surface area contributed by atoms with E-state index < -0.39 is 12.2 Å². The number of aliphatic hydroxyl groups excluding tert-OH is 2. The molecule has 0 aliphatic heterocycles. The van der Waals surface area contributed by atoms with Gasteiger partial charge in [-0.2, -0.15) is 0 Å². The van der Waals surface area contributed by atoms with Crippen LogP contribution >= 0.6 is 22.9 Å². The van der Waals surface area contributed by atoms with E-state index in [-0.39, 0.29) is 5.92 Å². The molecule has 0 aliphatic carbocycles. The molecule has 1 rings (SSSR count). The third kappa shape index (κ3) is 3.76. The van der Waals surface area contributed by atoms with Crippen molar-refractivity contribution in [1.82, 2.24) is 0 Å². The zero-order valence-corrected chi connectivity index (χ0v) is 10.6. The number of hydrogen-bond donors (Lipinski definition) is 2. The molecule has 1 heterocycles. The smallest absolute Gasteiger partial charge is 0.0931 e. The fraction of sp³-hybridized carbons (Fsp3) is 0.636. The Morgan fingerprint density at radius 1 is 1.40 bits per heavy atom. The van der Waals surface area contributed by atoms with E-state index in [0.717, 1.165) is 10.8 Å². The van der Waals surface area contributed by atoms with Crippen molar-refractivity contribution in [3.8, 4) is 0 Å². The molecule has 0 amide bonds. The molecule has 2 nitrogen and oxygen atoms in total. The van der Waals surface area contributed by atoms with Crippen molar-refractivity contribution in [2.75, 3.05) is 0 Å². The van der Waals surface area contributed by atoms with Crippen LogP contribution in [0.4, 0.5) is 0 Å². The second-order valence-electron chi connectivity index (χ2n) is 3.79. The van der Waals surface area contributed by atoms with Crippen LogP contribution in [0.2, 0.25) is 4.34 Å². The molecule has 0 fully saturated rings. The largest absolute Gasteiger partial charge is 0.391 e. The van der Waals surface area contributed by atoms with Crippen LogP contribution in [-0.4, -0.2) is 22.4 Å². The Morgan fingerprint density at radius 3 is 2.47 bits per heavy atom. The molecule has 1 aromatic rings. The van der Waals surface area contributed by atoms with Gasteiger partial charge in [0.05, 0.1) is 16.5 Å². The van der Waals surface area contributed by atoms with Crippen molar-refractivity contribution >= 4 is 22.9 Å². The van der Waals surface area contributed by atoms with Gasteiger partial charge in [0, 0.05) is 4.88 Å². The van der Waals surface area contributed by atoms with Gasteiger partial charge in [-0.15, -0.1) is 11.3 Å². The highest BCUT2D eigenvalue weighted by Crippen LogP contribution is 2.33. The summed E-state index contributed by atoms with van der Waals surface area (Å²) in [7, 11) is 0. The van der Waals surface area contributed by atoms with Gasteiger partial charge in [-0.3, -0.25) is 0 Å². The molecule has 3 atom stereocenters. The lowest BCUT2D eigenvalue weighted by Gasteiger charge is -2.19. The zero-order valence-electron chi connectivity index (χ0n) is 8.98. The summed E-state index contributed by atoms with van der Waals surface area (Å²) in [6.07, 6.45) is 0.205. The Morgan fingerprint density at radius 2 is 2.07 bits per heavy atom. The van der Waals surface area contributed by atoms with Crippen LogP contribution in [0.1, 0.15) is 37.5 Å². The van der Waals surface area contributed by atoms with Crippen LogP contribution in [0.5, 0.6) is 0 Å². The first-order valence-electron chi connectivity index (χ1n) is 5.16. The highest BCUT2D eigenvalue weighted by Gasteiger charge is 2.19. The SMILES string of the molecule is CCC(CC(O)C(C)O)c1ccc(Cl)s1. The van der Waals surface area contributed by atoms with Crippen molar-refractivity contribution in [3.63, 3.8) is 0 Å². The zero-order chi connectivity index (χ0) is 11.4. The molecule has 1 aromatic heterocycles. The molecule has 0 saturated carbocycles. The van der Waals surface area contributed by atoms with Crippen LogP contribution in [0, 0.1) is 0 Å². The van der Waals surface area contributed by atoms with E-state index in [1.807, 2.05) is 12.1 Å². The molecule has 0 spiro atoms. The molecular weight excluding hydrogens is 232 g/mol. The minimum Gasteiger partial charge on any atom is -0.391 e. The Bertz CT molecular complexity index is 299. The molecule has 3 unspecified atom stereocenters. The Balaban J connectivity index is 2.64. The van der Waals surface area contributed by atoms with Crippen molar-refractivity contribution < 1.29 is 10.2 Å². The topological polar surface area (TPSA) is 40.5 Å². The first-order chi connectivity index (χ1) is 7.04. The molecule has 0 aliphatic rings. The maximum absolute atomic E-state index is 9.62. The van der Waals surface area contributed by atoms with Crippen molar-refractivity contribution in [2.24, 2.45) is 0 Å². The first kappa shape index (κ1) is 13.0. The maximum atomic E-state index is 9.62. The lowest BCUT2D eigenvalue weighted by Crippen LogP contribution is -2.24. The van der Waals surface area contributed by atoms with Gasteiger partial charge in [0.25, 0.3) is 0 Å². The lowest BCUT2D eigenvalue weighted by atomic mass is 9.95. The number of rotatable bonds is 5. The van der Waals surface area contributed by atoms with Crippen molar-refractivity contribution in [1.29, 1.82) is 0 Å². The van der Waals surface area contributed by atoms with Crippen molar-refractivity contribution in [3.05, 3.63) is 21.3 Å². The van der Waals surface area contributed by atoms with Gasteiger partial charge in [-0.1, -0.05) is 18.5 Å². The van der Waals surface area contributed by atoms with E-state index >= 15 is 0 Å². The number of aliphatic hydroxyl groups is 2. The van der Waals surface area contributed by atoms with E-state index in [9.17, 15) is 10.2 Å². The normalized spacial score (nSPS) is 17.4. The third-order valence-electron chi connectivity index (χ3n) is 2.57. The van der Waals surface area contributed by atoms with Gasteiger partial charge in [-0.05, 0) is 37.8 Å². The third-order valence-corrected chi connectivity index (χ3v) is 3.97. The van der Waals surface area contributed by atoms with Gasteiger partial charge < -0.3 is 10.2 Å². The number of thiophene rings is 1. The summed E-state index contributed by atoms with van der Waals surface area (Å²) >= 11 is 7.41. The van der Waals surface area contributed by atoms with Gasteiger partial charge in [0.2, 0.25) is 0 Å². The molecule has 2 N–H and O–H groups in total. The van der Waals surface area contributed by atoms with Crippen LogP contribution in [0.15, 0.2) is 12.1 Å². The minimum atomic E-state index is -0.672. The minimum absolute atomic E-state index is 0.284. The summed E-state index contributed by atoms with van der Waals surface area (Å²) in [5.74, 6) is 0.284. The molecule has 0 aromatic carbocycles. The Hall–Kier alpha value is -0.0900. The van der Waals surface area contributed by atoms with Crippen LogP contribution in [-0.2, 0) is 0 Å². The molecule has 0 saturated heterocycles. The molecule has 0 radical (unpaired) electrons. The lowest BCUT2D eigenvalue weighted by molar-refractivity contribution is 0.0217. The summed E-state index contributed by atoms with van der Waals surface area (Å²) in [6.45, 7) is 3.69.